The number of fused-ring (bicyclic) bond motifs is 1. The zero-order valence-corrected chi connectivity index (χ0v) is 13.2. The number of halogens is 1. The van der Waals surface area contributed by atoms with E-state index in [4.69, 9.17) is 0 Å². The summed E-state index contributed by atoms with van der Waals surface area (Å²) in [6, 6.07) is 4.19. The van der Waals surface area contributed by atoms with Gasteiger partial charge in [0.1, 0.15) is 5.82 Å². The Morgan fingerprint density at radius 2 is 2.13 bits per heavy atom. The third-order valence-electron chi connectivity index (χ3n) is 4.91. The Balaban J connectivity index is 1.61. The van der Waals surface area contributed by atoms with Gasteiger partial charge in [0.2, 0.25) is 5.91 Å². The summed E-state index contributed by atoms with van der Waals surface area (Å²) in [7, 11) is -3.02. The van der Waals surface area contributed by atoms with Gasteiger partial charge in [-0.05, 0) is 43.0 Å². The number of aromatic nitrogens is 1. The van der Waals surface area contributed by atoms with Gasteiger partial charge < -0.3 is 10.3 Å². The number of rotatable bonds is 3. The highest BCUT2D eigenvalue weighted by molar-refractivity contribution is 7.91. The smallest absolute Gasteiger partial charge is 0.230 e. The van der Waals surface area contributed by atoms with Crippen molar-refractivity contribution in [2.75, 3.05) is 11.5 Å². The lowest BCUT2D eigenvalue weighted by molar-refractivity contribution is -0.124. The summed E-state index contributed by atoms with van der Waals surface area (Å²) in [5, 5.41) is 3.74. The number of hydrogen-bond acceptors (Lipinski definition) is 3. The van der Waals surface area contributed by atoms with E-state index in [0.29, 0.717) is 11.9 Å². The summed E-state index contributed by atoms with van der Waals surface area (Å²) in [5.74, 6) is -0.285. The number of nitrogens with one attached hydrogen (secondary N) is 2. The molecule has 1 aliphatic heterocycles. The summed E-state index contributed by atoms with van der Waals surface area (Å²) in [5.41, 5.74) is 0.927. The number of hydrogen-bond donors (Lipinski definition) is 2. The van der Waals surface area contributed by atoms with Crippen LogP contribution in [0.25, 0.3) is 10.9 Å². The SMILES string of the molecule is O=C(NC1CCS(=O)(=O)C1)C1(c2c[nH]c3cc(F)ccc23)CC1. The quantitative estimate of drug-likeness (QED) is 0.894. The molecule has 0 spiro atoms. The van der Waals surface area contributed by atoms with Crippen LogP contribution in [0.3, 0.4) is 0 Å². The molecule has 2 aliphatic rings. The average Bonchev–Trinajstić information content (AvgIpc) is 3.08. The molecule has 2 aromatic rings. The van der Waals surface area contributed by atoms with E-state index >= 15 is 0 Å². The van der Waals surface area contributed by atoms with Crippen molar-refractivity contribution in [1.29, 1.82) is 0 Å². The molecule has 4 rings (SSSR count). The van der Waals surface area contributed by atoms with Crippen molar-refractivity contribution in [3.05, 3.63) is 35.8 Å². The Hall–Kier alpha value is -1.89. The molecule has 1 aromatic carbocycles. The van der Waals surface area contributed by atoms with Crippen molar-refractivity contribution >= 4 is 26.6 Å². The van der Waals surface area contributed by atoms with Crippen LogP contribution in [0.5, 0.6) is 0 Å². The largest absolute Gasteiger partial charge is 0.361 e. The summed E-state index contributed by atoms with van der Waals surface area (Å²) >= 11 is 0. The maximum absolute atomic E-state index is 13.3. The minimum Gasteiger partial charge on any atom is -0.361 e. The average molecular weight is 336 g/mol. The lowest BCUT2D eigenvalue weighted by Gasteiger charge is -2.18. The van der Waals surface area contributed by atoms with Gasteiger partial charge >= 0.3 is 0 Å². The summed E-state index contributed by atoms with van der Waals surface area (Å²) in [6.07, 6.45) is 3.69. The van der Waals surface area contributed by atoms with Crippen LogP contribution in [0.2, 0.25) is 0 Å². The fourth-order valence-corrected chi connectivity index (χ4v) is 5.14. The van der Waals surface area contributed by atoms with E-state index in [1.54, 1.807) is 12.3 Å². The van der Waals surface area contributed by atoms with E-state index in [1.165, 1.54) is 12.1 Å². The molecule has 1 atom stereocenters. The van der Waals surface area contributed by atoms with Gasteiger partial charge in [-0.15, -0.1) is 0 Å². The van der Waals surface area contributed by atoms with Gasteiger partial charge in [0.15, 0.2) is 9.84 Å². The molecular weight excluding hydrogens is 319 g/mol. The molecule has 23 heavy (non-hydrogen) atoms. The second kappa shape index (κ2) is 4.80. The standard InChI is InChI=1S/C16H17FN2O3S/c17-10-1-2-12-13(8-18-14(12)7-10)16(4-5-16)15(20)19-11-3-6-23(21,22)9-11/h1-2,7-8,11,18H,3-6,9H2,(H,19,20). The molecule has 1 saturated heterocycles. The zero-order chi connectivity index (χ0) is 16.2. The number of carbonyl (C=O) groups excluding carboxylic acids is 1. The van der Waals surface area contributed by atoms with E-state index in [-0.39, 0.29) is 29.3 Å². The predicted molar refractivity (Wildman–Crippen MR) is 84.4 cm³/mol. The first kappa shape index (κ1) is 14.7. The number of carbonyl (C=O) groups is 1. The number of aromatic amines is 1. The predicted octanol–water partition coefficient (Wildman–Crippen LogP) is 1.64. The van der Waals surface area contributed by atoms with E-state index in [2.05, 4.69) is 10.3 Å². The molecule has 7 heteroatoms. The van der Waals surface area contributed by atoms with Gasteiger partial charge in [-0.1, -0.05) is 0 Å². The molecule has 0 bridgehead atoms. The lowest BCUT2D eigenvalue weighted by Crippen LogP contribution is -2.42. The lowest BCUT2D eigenvalue weighted by atomic mass is 9.94. The molecular formula is C16H17FN2O3S. The molecule has 2 N–H and O–H groups in total. The summed E-state index contributed by atoms with van der Waals surface area (Å²) in [4.78, 5) is 15.7. The van der Waals surface area contributed by atoms with Gasteiger partial charge in [-0.3, -0.25) is 4.79 Å². The summed E-state index contributed by atoms with van der Waals surface area (Å²) in [6.45, 7) is 0. The van der Waals surface area contributed by atoms with Crippen LogP contribution in [-0.4, -0.2) is 36.9 Å². The van der Waals surface area contributed by atoms with Crippen LogP contribution < -0.4 is 5.32 Å². The first-order chi connectivity index (χ1) is 10.9. The highest BCUT2D eigenvalue weighted by atomic mass is 32.2. The van der Waals surface area contributed by atoms with E-state index in [9.17, 15) is 17.6 Å². The maximum Gasteiger partial charge on any atom is 0.230 e. The van der Waals surface area contributed by atoms with E-state index in [1.807, 2.05) is 0 Å². The Kier molecular flexibility index (Phi) is 3.07. The number of amides is 1. The number of sulfone groups is 1. The first-order valence-corrected chi connectivity index (χ1v) is 9.50. The van der Waals surface area contributed by atoms with Crippen LogP contribution in [0, 0.1) is 5.82 Å². The van der Waals surface area contributed by atoms with Crippen molar-refractivity contribution in [1.82, 2.24) is 10.3 Å². The van der Waals surface area contributed by atoms with Crippen molar-refractivity contribution in [2.24, 2.45) is 0 Å². The third kappa shape index (κ3) is 2.43. The minimum absolute atomic E-state index is 0.0217. The second-order valence-electron chi connectivity index (χ2n) is 6.55. The van der Waals surface area contributed by atoms with Crippen molar-refractivity contribution in [2.45, 2.75) is 30.7 Å². The first-order valence-electron chi connectivity index (χ1n) is 7.68. The minimum atomic E-state index is -3.02. The molecule has 1 unspecified atom stereocenters. The Morgan fingerprint density at radius 3 is 2.78 bits per heavy atom. The van der Waals surface area contributed by atoms with Crippen molar-refractivity contribution in [3.8, 4) is 0 Å². The third-order valence-corrected chi connectivity index (χ3v) is 6.68. The van der Waals surface area contributed by atoms with E-state index in [0.717, 1.165) is 23.8 Å². The Morgan fingerprint density at radius 1 is 1.35 bits per heavy atom. The van der Waals surface area contributed by atoms with Gasteiger partial charge in [-0.2, -0.15) is 0 Å². The van der Waals surface area contributed by atoms with Crippen LogP contribution in [0.1, 0.15) is 24.8 Å². The fourth-order valence-electron chi connectivity index (χ4n) is 3.47. The van der Waals surface area contributed by atoms with Gasteiger partial charge in [-0.25, -0.2) is 12.8 Å². The molecule has 1 aromatic heterocycles. The van der Waals surface area contributed by atoms with E-state index < -0.39 is 15.3 Å². The van der Waals surface area contributed by atoms with Crippen LogP contribution in [-0.2, 0) is 20.0 Å². The monoisotopic (exact) mass is 336 g/mol. The van der Waals surface area contributed by atoms with Gasteiger partial charge in [0.05, 0.1) is 16.9 Å². The molecule has 1 saturated carbocycles. The molecule has 5 nitrogen and oxygen atoms in total. The van der Waals surface area contributed by atoms with Crippen LogP contribution in [0.4, 0.5) is 4.39 Å². The topological polar surface area (TPSA) is 79.0 Å². The zero-order valence-electron chi connectivity index (χ0n) is 12.4. The van der Waals surface area contributed by atoms with Gasteiger partial charge in [0, 0.05) is 23.1 Å². The second-order valence-corrected chi connectivity index (χ2v) is 8.78. The van der Waals surface area contributed by atoms with Crippen molar-refractivity contribution in [3.63, 3.8) is 0 Å². The highest BCUT2D eigenvalue weighted by Gasteiger charge is 2.53. The molecule has 1 aliphatic carbocycles. The molecule has 122 valence electrons. The molecule has 2 heterocycles. The van der Waals surface area contributed by atoms with Gasteiger partial charge in [0.25, 0.3) is 0 Å². The number of H-pyrrole nitrogens is 1. The summed E-state index contributed by atoms with van der Waals surface area (Å²) < 4.78 is 36.4. The van der Waals surface area contributed by atoms with Crippen molar-refractivity contribution < 1.29 is 17.6 Å². The van der Waals surface area contributed by atoms with Crippen LogP contribution >= 0.6 is 0 Å². The Bertz CT molecular complexity index is 899. The number of benzene rings is 1. The fraction of sp³-hybridized carbons (Fsp3) is 0.438. The molecule has 2 fully saturated rings. The maximum atomic E-state index is 13.3. The highest BCUT2D eigenvalue weighted by Crippen LogP contribution is 2.50. The van der Waals surface area contributed by atoms with Crippen LogP contribution in [0.15, 0.2) is 24.4 Å². The molecule has 0 radical (unpaired) electrons. The molecule has 1 amide bonds. The Labute approximate surface area is 133 Å². The normalized spacial score (nSPS) is 24.7.